The predicted octanol–water partition coefficient (Wildman–Crippen LogP) is 3.93. The number of nitrogens with one attached hydrogen (secondary N) is 1. The van der Waals surface area contributed by atoms with Crippen molar-refractivity contribution < 1.29 is 18.0 Å². The zero-order chi connectivity index (χ0) is 17.3. The van der Waals surface area contributed by atoms with Crippen LogP contribution in [0.3, 0.4) is 0 Å². The predicted molar refractivity (Wildman–Crippen MR) is 85.5 cm³/mol. The molecule has 9 heteroatoms. The third-order valence-corrected chi connectivity index (χ3v) is 5.16. The number of rotatable bonds is 4. The molecule has 0 fully saturated rings. The molecule has 0 aliphatic heterocycles. The van der Waals surface area contributed by atoms with Crippen molar-refractivity contribution in [2.75, 3.05) is 6.54 Å². The Labute approximate surface area is 145 Å². The first-order chi connectivity index (χ1) is 11.4. The molecule has 1 amide bonds. The summed E-state index contributed by atoms with van der Waals surface area (Å²) >= 11 is 6.93. The summed E-state index contributed by atoms with van der Waals surface area (Å²) in [6.07, 6.45) is -1.84. The standard InChI is InChI=1S/C15H15ClF3N3OS/c16-12-6-5-11(24-12)14(23)20-7-8-22-10-4-2-1-3-9(10)13(21-22)15(17,18)19/h5-6H,1-4,7-8H2,(H,20,23). The first-order valence-corrected chi connectivity index (χ1v) is 8.75. The Hall–Kier alpha value is -1.54. The van der Waals surface area contributed by atoms with E-state index in [2.05, 4.69) is 10.4 Å². The lowest BCUT2D eigenvalue weighted by Gasteiger charge is -2.14. The monoisotopic (exact) mass is 377 g/mol. The van der Waals surface area contributed by atoms with Gasteiger partial charge in [0.1, 0.15) is 0 Å². The number of alkyl halides is 3. The van der Waals surface area contributed by atoms with Gasteiger partial charge in [-0.25, -0.2) is 0 Å². The molecule has 1 N–H and O–H groups in total. The Bertz CT molecular complexity index is 754. The lowest BCUT2D eigenvalue weighted by atomic mass is 9.95. The maximum absolute atomic E-state index is 13.1. The summed E-state index contributed by atoms with van der Waals surface area (Å²) < 4.78 is 41.2. The summed E-state index contributed by atoms with van der Waals surface area (Å²) in [6.45, 7) is 0.420. The van der Waals surface area contributed by atoms with E-state index in [-0.39, 0.29) is 19.0 Å². The minimum Gasteiger partial charge on any atom is -0.349 e. The van der Waals surface area contributed by atoms with Crippen LogP contribution >= 0.6 is 22.9 Å². The Kier molecular flexibility index (Phi) is 4.87. The van der Waals surface area contributed by atoms with Gasteiger partial charge in [0.2, 0.25) is 0 Å². The summed E-state index contributed by atoms with van der Waals surface area (Å²) in [7, 11) is 0. The van der Waals surface area contributed by atoms with E-state index in [4.69, 9.17) is 11.6 Å². The van der Waals surface area contributed by atoms with Gasteiger partial charge < -0.3 is 5.32 Å². The Balaban J connectivity index is 1.69. The van der Waals surface area contributed by atoms with Crippen LogP contribution in [0.25, 0.3) is 0 Å². The third kappa shape index (κ3) is 3.59. The number of hydrogen-bond donors (Lipinski definition) is 1. The molecule has 2 aromatic heterocycles. The van der Waals surface area contributed by atoms with Gasteiger partial charge in [0.25, 0.3) is 5.91 Å². The van der Waals surface area contributed by atoms with Crippen LogP contribution in [-0.4, -0.2) is 22.2 Å². The molecular weight excluding hydrogens is 363 g/mol. The van der Waals surface area contributed by atoms with E-state index in [0.717, 1.165) is 24.2 Å². The van der Waals surface area contributed by atoms with E-state index < -0.39 is 11.9 Å². The van der Waals surface area contributed by atoms with E-state index in [1.54, 1.807) is 12.1 Å². The molecule has 0 bridgehead atoms. The minimum atomic E-state index is -4.44. The van der Waals surface area contributed by atoms with Gasteiger partial charge in [0.05, 0.1) is 15.8 Å². The summed E-state index contributed by atoms with van der Waals surface area (Å²) in [6, 6.07) is 3.24. The van der Waals surface area contributed by atoms with Gasteiger partial charge in [-0.15, -0.1) is 11.3 Å². The van der Waals surface area contributed by atoms with Crippen LogP contribution in [0.5, 0.6) is 0 Å². The molecule has 0 atom stereocenters. The van der Waals surface area contributed by atoms with E-state index >= 15 is 0 Å². The van der Waals surface area contributed by atoms with Crippen molar-refractivity contribution in [2.24, 2.45) is 0 Å². The van der Waals surface area contributed by atoms with Gasteiger partial charge in [-0.2, -0.15) is 18.3 Å². The second-order valence-corrected chi connectivity index (χ2v) is 7.28. The van der Waals surface area contributed by atoms with Gasteiger partial charge in [0.15, 0.2) is 5.69 Å². The highest BCUT2D eigenvalue weighted by Crippen LogP contribution is 2.35. The lowest BCUT2D eigenvalue weighted by Crippen LogP contribution is -2.27. The molecular formula is C15H15ClF3N3OS. The first kappa shape index (κ1) is 17.3. The van der Waals surface area contributed by atoms with Crippen LogP contribution < -0.4 is 5.32 Å². The molecule has 3 rings (SSSR count). The quantitative estimate of drug-likeness (QED) is 0.877. The average Bonchev–Trinajstić information content (AvgIpc) is 3.11. The second kappa shape index (κ2) is 6.76. The third-order valence-electron chi connectivity index (χ3n) is 3.93. The molecule has 0 aromatic carbocycles. The summed E-state index contributed by atoms with van der Waals surface area (Å²) in [5.74, 6) is -0.288. The van der Waals surface area contributed by atoms with Crippen molar-refractivity contribution in [1.29, 1.82) is 0 Å². The number of hydrogen-bond acceptors (Lipinski definition) is 3. The van der Waals surface area contributed by atoms with Crippen LogP contribution in [0, 0.1) is 0 Å². The highest BCUT2D eigenvalue weighted by atomic mass is 35.5. The number of thiophene rings is 1. The topological polar surface area (TPSA) is 46.9 Å². The van der Waals surface area contributed by atoms with Crippen LogP contribution in [0.1, 0.15) is 39.5 Å². The number of amides is 1. The highest BCUT2D eigenvalue weighted by Gasteiger charge is 2.39. The van der Waals surface area contributed by atoms with Gasteiger partial charge in [-0.3, -0.25) is 9.48 Å². The summed E-state index contributed by atoms with van der Waals surface area (Å²) in [5.41, 5.74) is 0.167. The minimum absolute atomic E-state index is 0.208. The van der Waals surface area contributed by atoms with E-state index in [1.165, 1.54) is 4.68 Å². The largest absolute Gasteiger partial charge is 0.435 e. The molecule has 0 saturated carbocycles. The maximum atomic E-state index is 13.1. The molecule has 2 heterocycles. The van der Waals surface area contributed by atoms with Gasteiger partial charge >= 0.3 is 6.18 Å². The molecule has 1 aliphatic carbocycles. The number of aromatic nitrogens is 2. The zero-order valence-corrected chi connectivity index (χ0v) is 14.2. The van der Waals surface area contributed by atoms with Crippen molar-refractivity contribution in [3.8, 4) is 0 Å². The molecule has 0 saturated heterocycles. The maximum Gasteiger partial charge on any atom is 0.435 e. The van der Waals surface area contributed by atoms with Crippen LogP contribution in [0.2, 0.25) is 4.34 Å². The number of nitrogens with zero attached hydrogens (tertiary/aromatic N) is 2. The first-order valence-electron chi connectivity index (χ1n) is 7.55. The van der Waals surface area contributed by atoms with Crippen LogP contribution in [-0.2, 0) is 25.6 Å². The Morgan fingerprint density at radius 1 is 1.33 bits per heavy atom. The SMILES string of the molecule is O=C(NCCn1nc(C(F)(F)F)c2c1CCCC2)c1ccc(Cl)s1. The van der Waals surface area contributed by atoms with Crippen molar-refractivity contribution in [3.05, 3.63) is 38.3 Å². The average molecular weight is 378 g/mol. The molecule has 0 spiro atoms. The number of halogens is 4. The fraction of sp³-hybridized carbons (Fsp3) is 0.467. The molecule has 24 heavy (non-hydrogen) atoms. The van der Waals surface area contributed by atoms with E-state index in [1.807, 2.05) is 0 Å². The van der Waals surface area contributed by atoms with Gasteiger partial charge in [-0.05, 0) is 37.8 Å². The normalized spacial score (nSPS) is 14.5. The summed E-state index contributed by atoms with van der Waals surface area (Å²) in [4.78, 5) is 12.4. The van der Waals surface area contributed by atoms with Crippen LogP contribution in [0.4, 0.5) is 13.2 Å². The number of carbonyl (C=O) groups is 1. The lowest BCUT2D eigenvalue weighted by molar-refractivity contribution is -0.142. The van der Waals surface area contributed by atoms with Crippen molar-refractivity contribution >= 4 is 28.8 Å². The molecule has 2 aromatic rings. The second-order valence-electron chi connectivity index (χ2n) is 5.56. The molecule has 0 radical (unpaired) electrons. The van der Waals surface area contributed by atoms with Gasteiger partial charge in [-0.1, -0.05) is 11.6 Å². The zero-order valence-electron chi connectivity index (χ0n) is 12.6. The smallest absolute Gasteiger partial charge is 0.349 e. The van der Waals surface area contributed by atoms with Crippen LogP contribution in [0.15, 0.2) is 12.1 Å². The van der Waals surface area contributed by atoms with Crippen molar-refractivity contribution in [3.63, 3.8) is 0 Å². The van der Waals surface area contributed by atoms with Crippen molar-refractivity contribution in [2.45, 2.75) is 38.4 Å². The number of fused-ring (bicyclic) bond motifs is 1. The van der Waals surface area contributed by atoms with Gasteiger partial charge in [0, 0.05) is 17.8 Å². The number of carbonyl (C=O) groups excluding carboxylic acids is 1. The van der Waals surface area contributed by atoms with E-state index in [9.17, 15) is 18.0 Å². The van der Waals surface area contributed by atoms with E-state index in [0.29, 0.717) is 33.3 Å². The summed E-state index contributed by atoms with van der Waals surface area (Å²) in [5, 5.41) is 6.44. The fourth-order valence-corrected chi connectivity index (χ4v) is 3.84. The highest BCUT2D eigenvalue weighted by molar-refractivity contribution is 7.17. The molecule has 0 unspecified atom stereocenters. The van der Waals surface area contributed by atoms with Crippen molar-refractivity contribution in [1.82, 2.24) is 15.1 Å². The molecule has 130 valence electrons. The Morgan fingerprint density at radius 3 is 2.75 bits per heavy atom. The fourth-order valence-electron chi connectivity index (χ4n) is 2.88. The molecule has 1 aliphatic rings. The Morgan fingerprint density at radius 2 is 2.08 bits per heavy atom. The molecule has 4 nitrogen and oxygen atoms in total.